The average molecular weight is 441 g/mol. The molecule has 3 aliphatic rings. The molecule has 0 spiro atoms. The number of hydrogen-bond acceptors (Lipinski definition) is 5. The van der Waals surface area contributed by atoms with Crippen LogP contribution in [0.15, 0.2) is 47.4 Å². The van der Waals surface area contributed by atoms with Gasteiger partial charge < -0.3 is 9.64 Å². The molecule has 1 unspecified atom stereocenters. The summed E-state index contributed by atoms with van der Waals surface area (Å²) in [5.74, 6) is -0.747. The van der Waals surface area contributed by atoms with Gasteiger partial charge in [0, 0.05) is 31.7 Å². The van der Waals surface area contributed by atoms with E-state index in [1.165, 1.54) is 4.31 Å². The van der Waals surface area contributed by atoms with Crippen LogP contribution in [0.1, 0.15) is 40.7 Å². The molecule has 5 rings (SSSR count). The van der Waals surface area contributed by atoms with Crippen molar-refractivity contribution in [3.63, 3.8) is 0 Å². The van der Waals surface area contributed by atoms with Crippen LogP contribution in [0.25, 0.3) is 0 Å². The Morgan fingerprint density at radius 3 is 2.55 bits per heavy atom. The third-order valence-corrected chi connectivity index (χ3v) is 8.20. The number of cyclic esters (lactones) is 1. The van der Waals surface area contributed by atoms with Gasteiger partial charge in [0.05, 0.1) is 10.5 Å². The number of anilines is 1. The minimum atomic E-state index is -3.51. The van der Waals surface area contributed by atoms with Gasteiger partial charge in [0.2, 0.25) is 10.0 Å². The van der Waals surface area contributed by atoms with Gasteiger partial charge in [0.25, 0.3) is 5.91 Å². The molecular formula is C23H24N2O5S. The van der Waals surface area contributed by atoms with E-state index >= 15 is 0 Å². The molecule has 0 bridgehead atoms. The molecule has 8 heteroatoms. The highest BCUT2D eigenvalue weighted by atomic mass is 32.2. The van der Waals surface area contributed by atoms with Crippen molar-refractivity contribution in [3.05, 3.63) is 59.2 Å². The van der Waals surface area contributed by atoms with Gasteiger partial charge in [-0.05, 0) is 61.1 Å². The fraction of sp³-hybridized carbons (Fsp3) is 0.391. The van der Waals surface area contributed by atoms with E-state index in [1.54, 1.807) is 35.2 Å². The van der Waals surface area contributed by atoms with E-state index in [2.05, 4.69) is 0 Å². The average Bonchev–Trinajstić information content (AvgIpc) is 3.34. The first-order chi connectivity index (χ1) is 14.9. The van der Waals surface area contributed by atoms with Gasteiger partial charge in [-0.25, -0.2) is 13.2 Å². The number of carbonyl (C=O) groups excluding carboxylic acids is 2. The minimum Gasteiger partial charge on any atom is -0.448 e. The van der Waals surface area contributed by atoms with E-state index in [9.17, 15) is 18.0 Å². The molecule has 3 aliphatic heterocycles. The summed E-state index contributed by atoms with van der Waals surface area (Å²) in [5.41, 5.74) is 2.85. The molecule has 2 aromatic carbocycles. The Balaban J connectivity index is 1.42. The van der Waals surface area contributed by atoms with Gasteiger partial charge in [-0.2, -0.15) is 4.31 Å². The Hall–Kier alpha value is -2.71. The second kappa shape index (κ2) is 7.76. The number of benzene rings is 2. The molecule has 0 N–H and O–H groups in total. The van der Waals surface area contributed by atoms with Crippen molar-refractivity contribution in [2.75, 3.05) is 24.5 Å². The fourth-order valence-corrected chi connectivity index (χ4v) is 6.25. The van der Waals surface area contributed by atoms with E-state index in [-0.39, 0.29) is 10.8 Å². The van der Waals surface area contributed by atoms with E-state index in [1.807, 2.05) is 12.1 Å². The van der Waals surface area contributed by atoms with Gasteiger partial charge in [0.1, 0.15) is 0 Å². The van der Waals surface area contributed by atoms with Crippen LogP contribution in [0.5, 0.6) is 0 Å². The van der Waals surface area contributed by atoms with Crippen molar-refractivity contribution in [3.8, 4) is 0 Å². The highest BCUT2D eigenvalue weighted by Gasteiger charge is 2.36. The first-order valence-electron chi connectivity index (χ1n) is 10.7. The monoisotopic (exact) mass is 440 g/mol. The lowest BCUT2D eigenvalue weighted by Gasteiger charge is -2.34. The maximum Gasteiger partial charge on any atom is 0.339 e. The summed E-state index contributed by atoms with van der Waals surface area (Å²) in [6.45, 7) is 1.62. The zero-order valence-electron chi connectivity index (χ0n) is 17.1. The predicted molar refractivity (Wildman–Crippen MR) is 114 cm³/mol. The molecule has 31 heavy (non-hydrogen) atoms. The molecule has 3 heterocycles. The normalized spacial score (nSPS) is 21.4. The van der Waals surface area contributed by atoms with Gasteiger partial charge in [0.15, 0.2) is 6.10 Å². The molecule has 1 amide bonds. The fourth-order valence-electron chi connectivity index (χ4n) is 4.68. The van der Waals surface area contributed by atoms with Crippen molar-refractivity contribution in [1.29, 1.82) is 0 Å². The van der Waals surface area contributed by atoms with Crippen molar-refractivity contribution >= 4 is 27.6 Å². The Morgan fingerprint density at radius 1 is 0.968 bits per heavy atom. The molecule has 1 saturated heterocycles. The van der Waals surface area contributed by atoms with E-state index in [0.29, 0.717) is 43.7 Å². The third-order valence-electron chi connectivity index (χ3n) is 6.31. The summed E-state index contributed by atoms with van der Waals surface area (Å²) in [5, 5.41) is 0. The van der Waals surface area contributed by atoms with Crippen LogP contribution < -0.4 is 4.90 Å². The molecule has 2 aromatic rings. The highest BCUT2D eigenvalue weighted by molar-refractivity contribution is 7.89. The summed E-state index contributed by atoms with van der Waals surface area (Å²) in [6, 6.07) is 12.2. The molecule has 162 valence electrons. The number of esters is 1. The SMILES string of the molecule is O=C1OC(C(=O)N2CCCc3cc(S(=O)(=O)N4CCCC4)ccc32)Cc2ccccc21. The number of nitrogens with zero attached hydrogens (tertiary/aromatic N) is 2. The molecule has 1 fully saturated rings. The quantitative estimate of drug-likeness (QED) is 0.685. The number of sulfonamides is 1. The maximum absolute atomic E-state index is 13.3. The molecule has 0 aromatic heterocycles. The first-order valence-corrected chi connectivity index (χ1v) is 12.1. The zero-order chi connectivity index (χ0) is 21.6. The second-order valence-electron chi connectivity index (χ2n) is 8.25. The van der Waals surface area contributed by atoms with Crippen LogP contribution >= 0.6 is 0 Å². The van der Waals surface area contributed by atoms with Crippen LogP contribution in [0.3, 0.4) is 0 Å². The van der Waals surface area contributed by atoms with Crippen molar-refractivity contribution in [2.45, 2.75) is 43.1 Å². The number of hydrogen-bond donors (Lipinski definition) is 0. The van der Waals surface area contributed by atoms with Gasteiger partial charge in [-0.3, -0.25) is 4.79 Å². The zero-order valence-corrected chi connectivity index (χ0v) is 17.9. The smallest absolute Gasteiger partial charge is 0.339 e. The van der Waals surface area contributed by atoms with E-state index in [0.717, 1.165) is 30.4 Å². The number of amides is 1. The highest BCUT2D eigenvalue weighted by Crippen LogP contribution is 2.33. The summed E-state index contributed by atoms with van der Waals surface area (Å²) in [7, 11) is -3.51. The Morgan fingerprint density at radius 2 is 1.74 bits per heavy atom. The van der Waals surface area contributed by atoms with E-state index in [4.69, 9.17) is 4.74 Å². The van der Waals surface area contributed by atoms with E-state index < -0.39 is 22.1 Å². The lowest BCUT2D eigenvalue weighted by Crippen LogP contribution is -2.46. The molecular weight excluding hydrogens is 416 g/mol. The number of fused-ring (bicyclic) bond motifs is 2. The van der Waals surface area contributed by atoms with Crippen LogP contribution in [-0.4, -0.2) is 50.3 Å². The topological polar surface area (TPSA) is 84.0 Å². The van der Waals surface area contributed by atoms with Crippen LogP contribution in [0.2, 0.25) is 0 Å². The van der Waals surface area contributed by atoms with Gasteiger partial charge >= 0.3 is 5.97 Å². The standard InChI is InChI=1S/C23H24N2O5S/c26-22(21-15-16-6-1-2-8-19(16)23(27)30-21)25-13-5-7-17-14-18(9-10-20(17)25)31(28,29)24-11-3-4-12-24/h1-2,6,8-10,14,21H,3-5,7,11-13,15H2. The Labute approximate surface area is 181 Å². The summed E-state index contributed by atoms with van der Waals surface area (Å²) in [6.07, 6.45) is 2.67. The Kier molecular flexibility index (Phi) is 5.06. The summed E-state index contributed by atoms with van der Waals surface area (Å²) in [4.78, 5) is 27.5. The number of rotatable bonds is 3. The predicted octanol–water partition coefficient (Wildman–Crippen LogP) is 2.53. The first kappa shape index (κ1) is 20.2. The van der Waals surface area contributed by atoms with Crippen molar-refractivity contribution < 1.29 is 22.7 Å². The largest absolute Gasteiger partial charge is 0.448 e. The van der Waals surface area contributed by atoms with Crippen molar-refractivity contribution in [2.24, 2.45) is 0 Å². The molecule has 7 nitrogen and oxygen atoms in total. The number of carbonyl (C=O) groups is 2. The second-order valence-corrected chi connectivity index (χ2v) is 10.2. The summed E-state index contributed by atoms with van der Waals surface area (Å²) < 4.78 is 32.8. The number of ether oxygens (including phenoxy) is 1. The van der Waals surface area contributed by atoms with Crippen molar-refractivity contribution in [1.82, 2.24) is 4.31 Å². The number of aryl methyl sites for hydroxylation is 1. The lowest BCUT2D eigenvalue weighted by atomic mass is 9.96. The van der Waals surface area contributed by atoms with Crippen LogP contribution in [0, 0.1) is 0 Å². The lowest BCUT2D eigenvalue weighted by molar-refractivity contribution is -0.127. The molecule has 0 saturated carbocycles. The van der Waals surface area contributed by atoms with Crippen LogP contribution in [-0.2, 0) is 32.4 Å². The summed E-state index contributed by atoms with van der Waals surface area (Å²) >= 11 is 0. The van der Waals surface area contributed by atoms with Gasteiger partial charge in [-0.15, -0.1) is 0 Å². The molecule has 0 aliphatic carbocycles. The maximum atomic E-state index is 13.3. The minimum absolute atomic E-state index is 0.265. The molecule has 1 atom stereocenters. The Bertz CT molecular complexity index is 1150. The third kappa shape index (κ3) is 3.53. The molecule has 0 radical (unpaired) electrons. The van der Waals surface area contributed by atoms with Gasteiger partial charge in [-0.1, -0.05) is 18.2 Å². The van der Waals surface area contributed by atoms with Crippen LogP contribution in [0.4, 0.5) is 5.69 Å².